The molecule has 0 radical (unpaired) electrons. The van der Waals surface area contributed by atoms with Gasteiger partial charge in [-0.25, -0.2) is 18.2 Å². The molecule has 4 aliphatic rings. The van der Waals surface area contributed by atoms with E-state index in [0.29, 0.717) is 37.4 Å². The Hall–Kier alpha value is -3.36. The smallest absolute Gasteiger partial charge is 0.418 e. The number of rotatable bonds is 5. The molecule has 0 amide bonds. The van der Waals surface area contributed by atoms with Crippen LogP contribution in [0.25, 0.3) is 27.7 Å². The van der Waals surface area contributed by atoms with E-state index in [-0.39, 0.29) is 70.0 Å². The Morgan fingerprint density at radius 2 is 1.94 bits per heavy atom. The maximum atomic E-state index is 17.0. The van der Waals surface area contributed by atoms with Gasteiger partial charge >= 0.3 is 12.2 Å². The van der Waals surface area contributed by atoms with Crippen LogP contribution in [0.4, 0.5) is 38.0 Å². The van der Waals surface area contributed by atoms with Crippen LogP contribution in [0.2, 0.25) is 5.02 Å². The average Bonchev–Trinajstić information content (AvgIpc) is 3.32. The third-order valence-electron chi connectivity index (χ3n) is 10.6. The number of likely N-dealkylation sites (tertiary alicyclic amines) is 1. The quantitative estimate of drug-likeness (QED) is 0.285. The van der Waals surface area contributed by atoms with E-state index in [4.69, 9.17) is 27.1 Å². The number of piperidine rings is 1. The molecule has 2 aromatic heterocycles. The predicted molar refractivity (Wildman–Crippen MR) is 172 cm³/mol. The highest BCUT2D eigenvalue weighted by Gasteiger charge is 2.47. The second-order valence-electron chi connectivity index (χ2n) is 14.0. The van der Waals surface area contributed by atoms with Gasteiger partial charge in [-0.3, -0.25) is 0 Å². The fraction of sp³-hybridized carbons (Fsp3) is 0.545. The number of benzene rings is 1. The van der Waals surface area contributed by atoms with Crippen molar-refractivity contribution in [2.24, 2.45) is 11.3 Å². The van der Waals surface area contributed by atoms with E-state index in [9.17, 15) is 22.0 Å². The Morgan fingerprint density at radius 3 is 2.65 bits per heavy atom. The van der Waals surface area contributed by atoms with E-state index in [0.717, 1.165) is 18.9 Å². The number of aryl methyl sites for hydroxylation is 1. The first kappa shape index (κ1) is 33.2. The van der Waals surface area contributed by atoms with Crippen LogP contribution in [-0.4, -0.2) is 77.7 Å². The largest absolute Gasteiger partial charge is 0.463 e. The summed E-state index contributed by atoms with van der Waals surface area (Å²) in [4.78, 5) is 17.1. The van der Waals surface area contributed by atoms with Crippen molar-refractivity contribution >= 4 is 39.7 Å². The Morgan fingerprint density at radius 1 is 1.19 bits per heavy atom. The first-order valence-corrected chi connectivity index (χ1v) is 16.3. The summed E-state index contributed by atoms with van der Waals surface area (Å²) < 4.78 is 95.0. The third-order valence-corrected chi connectivity index (χ3v) is 10.9. The highest BCUT2D eigenvalue weighted by molar-refractivity contribution is 6.37. The van der Waals surface area contributed by atoms with E-state index in [1.807, 2.05) is 11.9 Å². The lowest BCUT2D eigenvalue weighted by molar-refractivity contribution is -0.137. The van der Waals surface area contributed by atoms with Gasteiger partial charge in [-0.2, -0.15) is 23.1 Å². The van der Waals surface area contributed by atoms with Crippen LogP contribution in [0.15, 0.2) is 12.6 Å². The molecule has 8 nitrogen and oxygen atoms in total. The van der Waals surface area contributed by atoms with Crippen LogP contribution in [0, 0.1) is 24.1 Å². The molecule has 15 heteroatoms. The van der Waals surface area contributed by atoms with Crippen molar-refractivity contribution in [3.63, 3.8) is 0 Å². The average molecular weight is 696 g/mol. The number of hydrogen-bond donors (Lipinski definition) is 2. The van der Waals surface area contributed by atoms with Crippen LogP contribution in [0.3, 0.4) is 0 Å². The molecule has 4 aliphatic heterocycles. The normalized spacial score (nSPS) is 27.5. The minimum absolute atomic E-state index is 0.0471. The lowest BCUT2D eigenvalue weighted by Crippen LogP contribution is -2.58. The molecule has 0 spiro atoms. The van der Waals surface area contributed by atoms with Crippen LogP contribution < -0.4 is 20.7 Å². The fourth-order valence-corrected chi connectivity index (χ4v) is 8.79. The number of piperazine rings is 1. The molecular weight excluding hydrogens is 660 g/mol. The molecular formula is C33H36ClF6N7O. The van der Waals surface area contributed by atoms with Crippen molar-refractivity contribution in [2.45, 2.75) is 70.3 Å². The molecule has 0 saturated carbocycles. The van der Waals surface area contributed by atoms with Gasteiger partial charge in [0, 0.05) is 48.1 Å². The number of nitrogens with one attached hydrogen (secondary N) is 1. The van der Waals surface area contributed by atoms with Gasteiger partial charge in [0.2, 0.25) is 6.43 Å². The van der Waals surface area contributed by atoms with E-state index >= 15 is 4.39 Å². The van der Waals surface area contributed by atoms with Crippen molar-refractivity contribution in [3.8, 4) is 17.3 Å². The summed E-state index contributed by atoms with van der Waals surface area (Å²) in [5.41, 5.74) is 2.48. The van der Waals surface area contributed by atoms with E-state index < -0.39 is 46.6 Å². The minimum atomic E-state index is -4.92. The second kappa shape index (κ2) is 11.6. The number of hydrogen-bond acceptors (Lipinski definition) is 8. The predicted octanol–water partition coefficient (Wildman–Crippen LogP) is 6.72. The summed E-state index contributed by atoms with van der Waals surface area (Å²) in [6.07, 6.45) is -5.07. The number of alkyl halides is 5. The summed E-state index contributed by atoms with van der Waals surface area (Å²) in [7, 11) is 1.84. The van der Waals surface area contributed by atoms with Gasteiger partial charge in [-0.15, -0.1) is 0 Å². The lowest BCUT2D eigenvalue weighted by Gasteiger charge is -2.44. The van der Waals surface area contributed by atoms with Crippen molar-refractivity contribution in [2.75, 3.05) is 43.9 Å². The summed E-state index contributed by atoms with van der Waals surface area (Å²) in [5.74, 6) is -2.06. The maximum Gasteiger partial charge on any atom is 0.418 e. The molecule has 0 unspecified atom stereocenters. The molecule has 3 fully saturated rings. The zero-order chi connectivity index (χ0) is 34.4. The van der Waals surface area contributed by atoms with E-state index in [1.54, 1.807) is 6.92 Å². The zero-order valence-corrected chi connectivity index (χ0v) is 27.5. The second-order valence-corrected chi connectivity index (χ2v) is 14.4. The number of halogens is 7. The van der Waals surface area contributed by atoms with Gasteiger partial charge in [0.05, 0.1) is 33.8 Å². The van der Waals surface area contributed by atoms with Crippen LogP contribution >= 0.6 is 11.6 Å². The summed E-state index contributed by atoms with van der Waals surface area (Å²) in [6.45, 7) is 8.36. The highest BCUT2D eigenvalue weighted by atomic mass is 35.5. The molecule has 7 rings (SSSR count). The van der Waals surface area contributed by atoms with Crippen molar-refractivity contribution in [1.82, 2.24) is 25.2 Å². The number of anilines is 2. The Kier molecular flexibility index (Phi) is 8.02. The highest BCUT2D eigenvalue weighted by Crippen LogP contribution is 2.51. The number of nitrogens with zero attached hydrogens (tertiary/aromatic N) is 5. The van der Waals surface area contributed by atoms with Gasteiger partial charge in [-0.05, 0) is 63.4 Å². The number of nitrogens with two attached hydrogens (primary N) is 1. The molecule has 3 saturated heterocycles. The van der Waals surface area contributed by atoms with Crippen LogP contribution in [0.5, 0.6) is 6.01 Å². The molecule has 48 heavy (non-hydrogen) atoms. The van der Waals surface area contributed by atoms with Gasteiger partial charge in [0.1, 0.15) is 17.2 Å². The van der Waals surface area contributed by atoms with Crippen molar-refractivity contribution in [1.29, 1.82) is 0 Å². The monoisotopic (exact) mass is 695 g/mol. The van der Waals surface area contributed by atoms with E-state index in [2.05, 4.69) is 26.8 Å². The number of fused-ring (bicyclic) bond motifs is 5. The zero-order valence-electron chi connectivity index (χ0n) is 26.7. The van der Waals surface area contributed by atoms with Gasteiger partial charge in [-0.1, -0.05) is 25.1 Å². The fourth-order valence-electron chi connectivity index (χ4n) is 8.39. The molecule has 2 bridgehead atoms. The molecule has 3 aromatic rings. The van der Waals surface area contributed by atoms with E-state index in [1.165, 1.54) is 6.92 Å². The molecule has 5 atom stereocenters. The number of nitrogen functional groups attached to an aromatic ring is 1. The van der Waals surface area contributed by atoms with Gasteiger partial charge in [0.15, 0.2) is 5.82 Å². The van der Waals surface area contributed by atoms with Gasteiger partial charge in [0.25, 0.3) is 0 Å². The lowest BCUT2D eigenvalue weighted by atomic mass is 9.73. The van der Waals surface area contributed by atoms with Gasteiger partial charge < -0.3 is 25.6 Å². The number of pyridine rings is 1. The first-order chi connectivity index (χ1) is 22.6. The summed E-state index contributed by atoms with van der Waals surface area (Å²) in [6, 6.07) is 0.791. The van der Waals surface area contributed by atoms with Crippen LogP contribution in [0.1, 0.15) is 49.3 Å². The maximum absolute atomic E-state index is 17.0. The third kappa shape index (κ3) is 5.34. The Bertz CT molecular complexity index is 1820. The SMILES string of the molecule is C=C1C[C@@H]2[C@@H]3CC[C@H](CN2c2nc(OC[C@@]4(C)CN(C)CC[C@H]4C(F)F)nc4c(F)c(-c5nc(N)cc(C)c5C(F)(F)F)c(Cl)c1c24)N3. The van der Waals surface area contributed by atoms with Crippen molar-refractivity contribution < 1.29 is 31.1 Å². The molecule has 3 N–H and O–H groups in total. The Balaban J connectivity index is 1.46. The number of ether oxygens (including phenoxy) is 1. The summed E-state index contributed by atoms with van der Waals surface area (Å²) in [5, 5.41) is 3.51. The molecule has 258 valence electrons. The minimum Gasteiger partial charge on any atom is -0.463 e. The Labute approximate surface area is 278 Å². The summed E-state index contributed by atoms with van der Waals surface area (Å²) >= 11 is 6.94. The van der Waals surface area contributed by atoms with Crippen LogP contribution in [-0.2, 0) is 6.18 Å². The molecule has 1 aromatic carbocycles. The topological polar surface area (TPSA) is 92.4 Å². The molecule has 0 aliphatic carbocycles. The van der Waals surface area contributed by atoms with Crippen molar-refractivity contribution in [3.05, 3.63) is 40.2 Å². The molecule has 6 heterocycles. The standard InChI is InChI=1S/C33H36ClF6N7O/c1-14-9-19-18-6-5-16(42-18)11-47(19)30-22-21(14)25(34)23(27-24(33(38,39)40)15(2)10-20(41)43-27)26(35)28(22)44-31(45-30)48-13-32(3)12-46(4)8-7-17(32)29(36)37/h10,16-19,29,42H,1,5-9,11-13H2,2-4H3,(H2,41,43)/t16-,17+,18+,19-,32-/m1/s1. The number of aromatic nitrogens is 3. The first-order valence-electron chi connectivity index (χ1n) is 15.9.